The molecule has 1 aromatic carbocycles. The quantitative estimate of drug-likeness (QED) is 0.356. The molecule has 304 valence electrons. The van der Waals surface area contributed by atoms with E-state index in [4.69, 9.17) is 14.2 Å². The third-order valence-electron chi connectivity index (χ3n) is 7.15. The minimum Gasteiger partial charge on any atom is -0.488 e. The van der Waals surface area contributed by atoms with Crippen LogP contribution in [-0.2, 0) is 20.8 Å². The fraction of sp³-hybridized carbons (Fsp3) is 0.692. The van der Waals surface area contributed by atoms with Gasteiger partial charge in [-0.3, -0.25) is 9.69 Å². The van der Waals surface area contributed by atoms with Crippen molar-refractivity contribution in [2.45, 2.75) is 120 Å². The zero-order chi connectivity index (χ0) is 41.1. The van der Waals surface area contributed by atoms with Crippen LogP contribution in [0.25, 0.3) is 0 Å². The maximum absolute atomic E-state index is 13.3. The monoisotopic (exact) mass is 759 g/mol. The molecule has 1 saturated heterocycles. The number of hydrogen-bond donors (Lipinski definition) is 1. The maximum atomic E-state index is 13.3. The van der Waals surface area contributed by atoms with Crippen molar-refractivity contribution < 1.29 is 33.4 Å². The normalized spacial score (nSPS) is 15.6. The topological polar surface area (TPSA) is 152 Å². The van der Waals surface area contributed by atoms with Crippen molar-refractivity contribution in [2.75, 3.05) is 57.7 Å². The second-order valence-corrected chi connectivity index (χ2v) is 18.0. The van der Waals surface area contributed by atoms with Gasteiger partial charge in [-0.1, -0.05) is 27.7 Å². The summed E-state index contributed by atoms with van der Waals surface area (Å²) in [6.45, 7) is 29.8. The molecule has 0 saturated carbocycles. The number of hydrogen-bond acceptors (Lipinski definition) is 10. The molecule has 0 spiro atoms. The van der Waals surface area contributed by atoms with E-state index in [2.05, 4.69) is 48.0 Å². The summed E-state index contributed by atoms with van der Waals surface area (Å²) in [7, 11) is 0. The van der Waals surface area contributed by atoms with Crippen LogP contribution in [0, 0.1) is 5.41 Å². The highest BCUT2D eigenvalue weighted by molar-refractivity contribution is 5.90. The lowest BCUT2D eigenvalue weighted by atomic mass is 10.0. The molecule has 54 heavy (non-hydrogen) atoms. The molecule has 15 heteroatoms. The van der Waals surface area contributed by atoms with Crippen LogP contribution in [0.5, 0.6) is 5.75 Å². The second-order valence-electron chi connectivity index (χ2n) is 18.0. The fourth-order valence-corrected chi connectivity index (χ4v) is 4.89. The lowest BCUT2D eigenvalue weighted by Gasteiger charge is -2.35. The summed E-state index contributed by atoms with van der Waals surface area (Å²) in [5.74, 6) is 0.469. The van der Waals surface area contributed by atoms with Gasteiger partial charge in [-0.2, -0.15) is 9.78 Å². The summed E-state index contributed by atoms with van der Waals surface area (Å²) in [4.78, 5) is 62.8. The second kappa shape index (κ2) is 19.3. The molecule has 0 bridgehead atoms. The molecule has 1 fully saturated rings. The minimum atomic E-state index is -0.703. The van der Waals surface area contributed by atoms with Gasteiger partial charge in [0.15, 0.2) is 0 Å². The summed E-state index contributed by atoms with van der Waals surface area (Å²) < 4.78 is 18.9. The molecule has 1 aliphatic rings. The number of benzene rings is 1. The highest BCUT2D eigenvalue weighted by Gasteiger charge is 2.28. The van der Waals surface area contributed by atoms with Gasteiger partial charge in [0.05, 0.1) is 0 Å². The van der Waals surface area contributed by atoms with Gasteiger partial charge in [0.1, 0.15) is 35.2 Å². The highest BCUT2D eigenvalue weighted by Crippen LogP contribution is 2.28. The van der Waals surface area contributed by atoms with Gasteiger partial charge in [-0.25, -0.2) is 19.4 Å². The molecule has 0 unspecified atom stereocenters. The Kier molecular flexibility index (Phi) is 16.3. The number of rotatable bonds is 4. The molecule has 0 atom stereocenters. The molecule has 15 nitrogen and oxygen atoms in total. The fourth-order valence-electron chi connectivity index (χ4n) is 4.89. The van der Waals surface area contributed by atoms with E-state index < -0.39 is 35.0 Å². The van der Waals surface area contributed by atoms with Gasteiger partial charge >= 0.3 is 18.2 Å². The van der Waals surface area contributed by atoms with Crippen molar-refractivity contribution in [1.29, 1.82) is 0 Å². The molecule has 0 aliphatic carbocycles. The standard InChI is InChI=1S/C34H54N8O7.C5H12/c1-25(43)39-17-19-40(30(45)48-33(5,6)7)15-13-38(14-16-41(20-18-39)31(46)49-34(8,9)10)22-26-21-27(11-12-28(26)47-32(2,3)4)37-29(44)42-24-35-23-36-42;1-5(2,3)4/h11-12,21,23-24H,13-20,22H2,1-10H3,(H,37,44);1-4H3. The molecule has 2 heterocycles. The summed E-state index contributed by atoms with van der Waals surface area (Å²) in [5, 5.41) is 6.74. The molecule has 1 N–H and O–H groups in total. The zero-order valence-electron chi connectivity index (χ0n) is 35.2. The number of carbonyl (C=O) groups excluding carboxylic acids is 4. The first-order valence-corrected chi connectivity index (χ1v) is 18.6. The Balaban J connectivity index is 0.00000188. The van der Waals surface area contributed by atoms with E-state index in [1.54, 1.807) is 20.8 Å². The first-order chi connectivity index (χ1) is 24.7. The van der Waals surface area contributed by atoms with Crippen LogP contribution in [-0.4, -0.2) is 128 Å². The number of nitrogens with zero attached hydrogens (tertiary/aromatic N) is 7. The van der Waals surface area contributed by atoms with Crippen LogP contribution in [0.3, 0.4) is 0 Å². The molecule has 2 aromatic rings. The third kappa shape index (κ3) is 18.6. The summed E-state index contributed by atoms with van der Waals surface area (Å²) >= 11 is 0. The Morgan fingerprint density at radius 3 is 1.56 bits per heavy atom. The summed E-state index contributed by atoms with van der Waals surface area (Å²) in [5.41, 5.74) is -0.100. The zero-order valence-corrected chi connectivity index (χ0v) is 35.2. The van der Waals surface area contributed by atoms with Crippen LogP contribution in [0.1, 0.15) is 102 Å². The molecule has 3 rings (SSSR count). The Morgan fingerprint density at radius 1 is 0.685 bits per heavy atom. The third-order valence-corrected chi connectivity index (χ3v) is 7.15. The number of aromatic nitrogens is 3. The molecule has 1 aliphatic heterocycles. The van der Waals surface area contributed by atoms with Crippen molar-refractivity contribution in [3.05, 3.63) is 36.4 Å². The van der Waals surface area contributed by atoms with Crippen LogP contribution < -0.4 is 10.1 Å². The lowest BCUT2D eigenvalue weighted by Crippen LogP contribution is -2.50. The van der Waals surface area contributed by atoms with E-state index in [-0.39, 0.29) is 32.1 Å². The van der Waals surface area contributed by atoms with E-state index in [0.717, 1.165) is 10.2 Å². The molecular formula is C39H66N8O7. The molecule has 0 radical (unpaired) electrons. The number of amides is 4. The predicted molar refractivity (Wildman–Crippen MR) is 210 cm³/mol. The van der Waals surface area contributed by atoms with E-state index in [1.807, 2.05) is 74.4 Å². The number of anilines is 1. The first kappa shape index (κ1) is 45.8. The van der Waals surface area contributed by atoms with Crippen molar-refractivity contribution in [1.82, 2.24) is 34.4 Å². The summed E-state index contributed by atoms with van der Waals surface area (Å²) in [6, 6.07) is 4.93. The number of ether oxygens (including phenoxy) is 3. The predicted octanol–water partition coefficient (Wildman–Crippen LogP) is 6.73. The average molecular weight is 759 g/mol. The Hall–Kier alpha value is -4.40. The minimum absolute atomic E-state index is 0.158. The Bertz CT molecular complexity index is 1470. The van der Waals surface area contributed by atoms with Crippen LogP contribution in [0.15, 0.2) is 30.9 Å². The van der Waals surface area contributed by atoms with Gasteiger partial charge in [0.25, 0.3) is 0 Å². The van der Waals surface area contributed by atoms with E-state index in [9.17, 15) is 19.2 Å². The van der Waals surface area contributed by atoms with Crippen LogP contribution >= 0.6 is 0 Å². The van der Waals surface area contributed by atoms with Gasteiger partial charge in [-0.15, -0.1) is 0 Å². The Labute approximate surface area is 322 Å². The molecular weight excluding hydrogens is 692 g/mol. The SMILES string of the molecule is CC(=O)N1CCN(C(=O)OC(C)(C)C)CCN(Cc2cc(NC(=O)n3cncn3)ccc2OC(C)(C)C)CCN(C(=O)OC(C)(C)C)CC1.CC(C)(C)C. The van der Waals surface area contributed by atoms with Crippen LogP contribution in [0.4, 0.5) is 20.1 Å². The highest BCUT2D eigenvalue weighted by atomic mass is 16.6. The van der Waals surface area contributed by atoms with E-state index >= 15 is 0 Å². The van der Waals surface area contributed by atoms with E-state index in [0.29, 0.717) is 49.6 Å². The smallest absolute Gasteiger partial charge is 0.410 e. The van der Waals surface area contributed by atoms with Crippen molar-refractivity contribution >= 4 is 29.8 Å². The maximum Gasteiger partial charge on any atom is 0.410 e. The van der Waals surface area contributed by atoms with Crippen molar-refractivity contribution in [3.8, 4) is 5.75 Å². The summed E-state index contributed by atoms with van der Waals surface area (Å²) in [6.07, 6.45) is 1.64. The van der Waals surface area contributed by atoms with Gasteiger partial charge in [0, 0.05) is 77.1 Å². The molecule has 4 amide bonds. The van der Waals surface area contributed by atoms with Crippen LogP contribution in [0.2, 0.25) is 0 Å². The van der Waals surface area contributed by atoms with Crippen molar-refractivity contribution in [2.24, 2.45) is 5.41 Å². The number of nitrogens with one attached hydrogen (secondary N) is 1. The first-order valence-electron chi connectivity index (χ1n) is 18.6. The van der Waals surface area contributed by atoms with E-state index in [1.165, 1.54) is 19.6 Å². The largest absolute Gasteiger partial charge is 0.488 e. The van der Waals surface area contributed by atoms with Gasteiger partial charge < -0.3 is 34.2 Å². The molecule has 1 aromatic heterocycles. The van der Waals surface area contributed by atoms with Gasteiger partial charge in [-0.05, 0) is 85.9 Å². The van der Waals surface area contributed by atoms with Gasteiger partial charge in [0.2, 0.25) is 5.91 Å². The number of carbonyl (C=O) groups is 4. The average Bonchev–Trinajstić information content (AvgIpc) is 3.52. The Morgan fingerprint density at radius 2 is 1.15 bits per heavy atom. The lowest BCUT2D eigenvalue weighted by molar-refractivity contribution is -0.129. The van der Waals surface area contributed by atoms with Crippen molar-refractivity contribution in [3.63, 3.8) is 0 Å².